The summed E-state index contributed by atoms with van der Waals surface area (Å²) >= 11 is 0. The van der Waals surface area contributed by atoms with Crippen LogP contribution in [0, 0.1) is 6.92 Å². The summed E-state index contributed by atoms with van der Waals surface area (Å²) in [5.41, 5.74) is 1.96. The molecule has 0 unspecified atom stereocenters. The number of nitrogens with one attached hydrogen (secondary N) is 2. The average Bonchev–Trinajstić information content (AvgIpc) is 3.00. The number of hydrogen-bond donors (Lipinski definition) is 2. The van der Waals surface area contributed by atoms with Crippen molar-refractivity contribution < 1.29 is 14.3 Å². The van der Waals surface area contributed by atoms with Crippen LogP contribution in [0.1, 0.15) is 42.9 Å². The average molecular weight is 347 g/mol. The molecule has 25 heavy (non-hydrogen) atoms. The standard InChI is InChI=1S/C17H25N5O3/c1-10-7-14(24-5)15(25-6)8-13(10)11(2)19-17(23)20-12(3)16-21-18-9-22(16)4/h7-9,11-12H,1-6H3,(H2,19,20,23)/t11-,12+/m1/s1. The number of aryl methyl sites for hydroxylation is 2. The van der Waals surface area contributed by atoms with Gasteiger partial charge in [0.15, 0.2) is 17.3 Å². The summed E-state index contributed by atoms with van der Waals surface area (Å²) in [6, 6.07) is 3.03. The molecule has 0 aliphatic heterocycles. The third-order valence-electron chi connectivity index (χ3n) is 4.07. The Hall–Kier alpha value is -2.77. The van der Waals surface area contributed by atoms with Gasteiger partial charge in [0, 0.05) is 7.05 Å². The van der Waals surface area contributed by atoms with Gasteiger partial charge in [-0.1, -0.05) is 0 Å². The Morgan fingerprint density at radius 3 is 2.28 bits per heavy atom. The molecule has 2 aromatic rings. The molecule has 0 fully saturated rings. The molecule has 1 aromatic heterocycles. The van der Waals surface area contributed by atoms with E-state index in [4.69, 9.17) is 9.47 Å². The van der Waals surface area contributed by atoms with Crippen molar-refractivity contribution in [3.05, 3.63) is 35.4 Å². The van der Waals surface area contributed by atoms with Crippen LogP contribution in [0.2, 0.25) is 0 Å². The van der Waals surface area contributed by atoms with Gasteiger partial charge in [0.1, 0.15) is 6.33 Å². The maximum Gasteiger partial charge on any atom is 0.315 e. The van der Waals surface area contributed by atoms with Gasteiger partial charge >= 0.3 is 6.03 Å². The second-order valence-electron chi connectivity index (χ2n) is 5.92. The Labute approximate surface area is 147 Å². The van der Waals surface area contributed by atoms with Crippen LogP contribution in [0.5, 0.6) is 11.5 Å². The molecule has 2 amide bonds. The molecule has 136 valence electrons. The van der Waals surface area contributed by atoms with Crippen molar-refractivity contribution in [3.63, 3.8) is 0 Å². The van der Waals surface area contributed by atoms with Gasteiger partial charge in [0.05, 0.1) is 26.3 Å². The number of amides is 2. The molecular formula is C17H25N5O3. The fourth-order valence-electron chi connectivity index (χ4n) is 2.72. The van der Waals surface area contributed by atoms with Crippen LogP contribution in [0.25, 0.3) is 0 Å². The fraction of sp³-hybridized carbons (Fsp3) is 0.471. The number of ether oxygens (including phenoxy) is 2. The highest BCUT2D eigenvalue weighted by Crippen LogP contribution is 2.32. The Balaban J connectivity index is 2.07. The zero-order valence-electron chi connectivity index (χ0n) is 15.5. The first-order chi connectivity index (χ1) is 11.9. The lowest BCUT2D eigenvalue weighted by Gasteiger charge is -2.21. The van der Waals surface area contributed by atoms with Crippen molar-refractivity contribution in [1.29, 1.82) is 0 Å². The van der Waals surface area contributed by atoms with Crippen molar-refractivity contribution in [2.45, 2.75) is 32.9 Å². The lowest BCUT2D eigenvalue weighted by Crippen LogP contribution is -2.39. The topological polar surface area (TPSA) is 90.3 Å². The van der Waals surface area contributed by atoms with E-state index < -0.39 is 0 Å². The first-order valence-electron chi connectivity index (χ1n) is 8.00. The van der Waals surface area contributed by atoms with Crippen LogP contribution in [-0.2, 0) is 7.05 Å². The number of rotatable bonds is 6. The quantitative estimate of drug-likeness (QED) is 0.836. The fourth-order valence-corrected chi connectivity index (χ4v) is 2.72. The Kier molecular flexibility index (Phi) is 5.84. The summed E-state index contributed by atoms with van der Waals surface area (Å²) in [6.07, 6.45) is 1.60. The van der Waals surface area contributed by atoms with Crippen LogP contribution >= 0.6 is 0 Å². The van der Waals surface area contributed by atoms with Gasteiger partial charge in [0.2, 0.25) is 0 Å². The van der Waals surface area contributed by atoms with Crippen LogP contribution in [-0.4, -0.2) is 35.0 Å². The summed E-state index contributed by atoms with van der Waals surface area (Å²) in [7, 11) is 5.02. The van der Waals surface area contributed by atoms with Gasteiger partial charge in [0.25, 0.3) is 0 Å². The van der Waals surface area contributed by atoms with Crippen molar-refractivity contribution in [2.24, 2.45) is 7.05 Å². The molecule has 0 radical (unpaired) electrons. The predicted molar refractivity (Wildman–Crippen MR) is 93.8 cm³/mol. The van der Waals surface area contributed by atoms with Crippen LogP contribution in [0.3, 0.4) is 0 Å². The van der Waals surface area contributed by atoms with E-state index in [0.29, 0.717) is 17.3 Å². The molecular weight excluding hydrogens is 322 g/mol. The molecule has 0 saturated heterocycles. The molecule has 1 aromatic carbocycles. The van der Waals surface area contributed by atoms with Gasteiger partial charge in [-0.3, -0.25) is 0 Å². The zero-order valence-corrected chi connectivity index (χ0v) is 15.5. The monoisotopic (exact) mass is 347 g/mol. The number of hydrogen-bond acceptors (Lipinski definition) is 5. The highest BCUT2D eigenvalue weighted by atomic mass is 16.5. The van der Waals surface area contributed by atoms with Crippen LogP contribution < -0.4 is 20.1 Å². The maximum absolute atomic E-state index is 12.3. The minimum atomic E-state index is -0.280. The van der Waals surface area contributed by atoms with Crippen molar-refractivity contribution in [3.8, 4) is 11.5 Å². The van der Waals surface area contributed by atoms with E-state index in [1.54, 1.807) is 25.1 Å². The zero-order chi connectivity index (χ0) is 18.6. The third-order valence-corrected chi connectivity index (χ3v) is 4.07. The van der Waals surface area contributed by atoms with E-state index in [2.05, 4.69) is 20.8 Å². The van der Waals surface area contributed by atoms with Gasteiger partial charge in [-0.15, -0.1) is 10.2 Å². The van der Waals surface area contributed by atoms with E-state index in [9.17, 15) is 4.79 Å². The van der Waals surface area contributed by atoms with E-state index in [1.807, 2.05) is 40.0 Å². The smallest absolute Gasteiger partial charge is 0.315 e. The Bertz CT molecular complexity index is 744. The summed E-state index contributed by atoms with van der Waals surface area (Å²) in [5.74, 6) is 1.98. The number of methoxy groups -OCH3 is 2. The number of carbonyl (C=O) groups excluding carboxylic acids is 1. The van der Waals surface area contributed by atoms with E-state index in [0.717, 1.165) is 11.1 Å². The number of carbonyl (C=O) groups is 1. The second-order valence-corrected chi connectivity index (χ2v) is 5.92. The molecule has 8 nitrogen and oxygen atoms in total. The number of nitrogens with zero attached hydrogens (tertiary/aromatic N) is 3. The predicted octanol–water partition coefficient (Wildman–Crippen LogP) is 2.26. The third kappa shape index (κ3) is 4.20. The number of urea groups is 1. The summed E-state index contributed by atoms with van der Waals surface area (Å²) in [5, 5.41) is 13.6. The highest BCUT2D eigenvalue weighted by molar-refractivity contribution is 5.75. The normalized spacial score (nSPS) is 13.0. The lowest BCUT2D eigenvalue weighted by atomic mass is 10.0. The molecule has 0 saturated carbocycles. The molecule has 0 aliphatic rings. The van der Waals surface area contributed by atoms with Gasteiger partial charge in [-0.2, -0.15) is 0 Å². The molecule has 0 spiro atoms. The summed E-state index contributed by atoms with van der Waals surface area (Å²) < 4.78 is 12.4. The second kappa shape index (κ2) is 7.87. The molecule has 0 bridgehead atoms. The molecule has 1 heterocycles. The van der Waals surface area contributed by atoms with E-state index in [1.165, 1.54) is 0 Å². The maximum atomic E-state index is 12.3. The minimum Gasteiger partial charge on any atom is -0.493 e. The first kappa shape index (κ1) is 18.6. The summed E-state index contributed by atoms with van der Waals surface area (Å²) in [4.78, 5) is 12.3. The van der Waals surface area contributed by atoms with E-state index in [-0.39, 0.29) is 18.1 Å². The number of aromatic nitrogens is 3. The van der Waals surface area contributed by atoms with Gasteiger partial charge in [-0.25, -0.2) is 4.79 Å². The van der Waals surface area contributed by atoms with Crippen LogP contribution in [0.15, 0.2) is 18.5 Å². The molecule has 2 atom stereocenters. The first-order valence-corrected chi connectivity index (χ1v) is 8.00. The van der Waals surface area contributed by atoms with Gasteiger partial charge < -0.3 is 24.7 Å². The van der Waals surface area contributed by atoms with Crippen molar-refractivity contribution >= 4 is 6.03 Å². The molecule has 8 heteroatoms. The molecule has 0 aliphatic carbocycles. The minimum absolute atomic E-state index is 0.202. The van der Waals surface area contributed by atoms with Crippen molar-refractivity contribution in [2.75, 3.05) is 14.2 Å². The Morgan fingerprint density at radius 2 is 1.72 bits per heavy atom. The number of benzene rings is 1. The lowest BCUT2D eigenvalue weighted by molar-refractivity contribution is 0.234. The largest absolute Gasteiger partial charge is 0.493 e. The molecule has 2 N–H and O–H groups in total. The molecule has 2 rings (SSSR count). The highest BCUT2D eigenvalue weighted by Gasteiger charge is 2.18. The SMILES string of the molecule is COc1cc(C)c([C@@H](C)NC(=O)N[C@@H](C)c2nncn2C)cc1OC. The Morgan fingerprint density at radius 1 is 1.12 bits per heavy atom. The van der Waals surface area contributed by atoms with Crippen molar-refractivity contribution in [1.82, 2.24) is 25.4 Å². The van der Waals surface area contributed by atoms with E-state index >= 15 is 0 Å². The summed E-state index contributed by atoms with van der Waals surface area (Å²) in [6.45, 7) is 5.74. The van der Waals surface area contributed by atoms with Crippen LogP contribution in [0.4, 0.5) is 4.79 Å². The van der Waals surface area contributed by atoms with Gasteiger partial charge in [-0.05, 0) is 44.0 Å².